The van der Waals surface area contributed by atoms with Gasteiger partial charge in [-0.15, -0.1) is 0 Å². The highest BCUT2D eigenvalue weighted by Crippen LogP contribution is 2.26. The molecule has 1 aromatic heterocycles. The van der Waals surface area contributed by atoms with Gasteiger partial charge in [-0.05, 0) is 25.1 Å². The second-order valence-corrected chi connectivity index (χ2v) is 8.52. The molecule has 1 aliphatic heterocycles. The normalized spacial score (nSPS) is 21.6. The maximum Gasteiger partial charge on any atom is 0.275 e. The third-order valence-electron chi connectivity index (χ3n) is 5.90. The Labute approximate surface area is 199 Å². The van der Waals surface area contributed by atoms with Crippen LogP contribution in [0.2, 0.25) is 0 Å². The van der Waals surface area contributed by atoms with Crippen LogP contribution in [0.4, 0.5) is 5.69 Å². The summed E-state index contributed by atoms with van der Waals surface area (Å²) in [4.78, 5) is 49.4. The lowest BCUT2D eigenvalue weighted by atomic mass is 10.0. The maximum atomic E-state index is 13.4. The van der Waals surface area contributed by atoms with Crippen molar-refractivity contribution < 1.29 is 23.9 Å². The number of rotatable bonds is 3. The quantitative estimate of drug-likeness (QED) is 0.732. The number of aromatic nitrogens is 2. The van der Waals surface area contributed by atoms with Crippen LogP contribution in [0.25, 0.3) is 0 Å². The van der Waals surface area contributed by atoms with Crippen molar-refractivity contribution in [1.82, 2.24) is 19.8 Å². The molecule has 0 unspecified atom stereocenters. The number of carbonyl (C=O) groups excluding carboxylic acids is 3. The molecule has 0 bridgehead atoms. The molecule has 1 aromatic carbocycles. The number of hydrogen-bond acceptors (Lipinski definition) is 7. The predicted molar refractivity (Wildman–Crippen MR) is 126 cm³/mol. The van der Waals surface area contributed by atoms with Crippen LogP contribution in [0, 0.1) is 5.92 Å². The number of anilines is 1. The van der Waals surface area contributed by atoms with Gasteiger partial charge in [0.05, 0.1) is 23.9 Å². The molecule has 10 nitrogen and oxygen atoms in total. The van der Waals surface area contributed by atoms with Gasteiger partial charge in [0.25, 0.3) is 11.8 Å². The molecule has 3 atom stereocenters. The highest BCUT2D eigenvalue weighted by molar-refractivity contribution is 6.04. The molecule has 0 saturated carbocycles. The van der Waals surface area contributed by atoms with E-state index in [0.717, 1.165) is 0 Å². The molecule has 0 saturated heterocycles. The Morgan fingerprint density at radius 1 is 1.21 bits per heavy atom. The van der Waals surface area contributed by atoms with E-state index in [2.05, 4.69) is 15.3 Å². The van der Waals surface area contributed by atoms with Crippen LogP contribution in [0.1, 0.15) is 41.6 Å². The molecule has 34 heavy (non-hydrogen) atoms. The topological polar surface area (TPSA) is 114 Å². The standard InChI is InChI=1S/C24H31N5O5/c1-15-12-29(17(3)30)16(2)14-34-21-7-6-18(27-23(31)20-11-25-8-9-26-20)10-19(21)24(32)28(4)13-22(15)33-5/h6-11,15-16,22H,12-14H2,1-5H3,(H,27,31)/t15-,16-,22-/m1/s1. The Balaban J connectivity index is 1.94. The van der Waals surface area contributed by atoms with Crippen molar-refractivity contribution in [2.45, 2.75) is 32.9 Å². The van der Waals surface area contributed by atoms with E-state index >= 15 is 0 Å². The Morgan fingerprint density at radius 3 is 2.62 bits per heavy atom. The molecule has 0 radical (unpaired) electrons. The van der Waals surface area contributed by atoms with E-state index in [1.54, 1.807) is 42.2 Å². The summed E-state index contributed by atoms with van der Waals surface area (Å²) in [6.45, 7) is 6.46. The number of likely N-dealkylation sites (N-methyl/N-ethyl adjacent to an activating group) is 1. The van der Waals surface area contributed by atoms with Gasteiger partial charge < -0.3 is 24.6 Å². The molecule has 1 N–H and O–H groups in total. The Kier molecular flexibility index (Phi) is 8.17. The monoisotopic (exact) mass is 469 g/mol. The molecular weight excluding hydrogens is 438 g/mol. The largest absolute Gasteiger partial charge is 0.491 e. The van der Waals surface area contributed by atoms with Gasteiger partial charge >= 0.3 is 0 Å². The van der Waals surface area contributed by atoms with Crippen LogP contribution in [0.15, 0.2) is 36.8 Å². The second kappa shape index (κ2) is 11.1. The summed E-state index contributed by atoms with van der Waals surface area (Å²) < 4.78 is 11.7. The van der Waals surface area contributed by atoms with Crippen molar-refractivity contribution >= 4 is 23.4 Å². The van der Waals surface area contributed by atoms with E-state index < -0.39 is 5.91 Å². The lowest BCUT2D eigenvalue weighted by Crippen LogP contribution is -2.48. The summed E-state index contributed by atoms with van der Waals surface area (Å²) in [6.07, 6.45) is 4.00. The Morgan fingerprint density at radius 2 is 1.97 bits per heavy atom. The van der Waals surface area contributed by atoms with Crippen molar-refractivity contribution in [2.24, 2.45) is 5.92 Å². The summed E-state index contributed by atoms with van der Waals surface area (Å²) >= 11 is 0. The van der Waals surface area contributed by atoms with Crippen molar-refractivity contribution in [3.05, 3.63) is 48.0 Å². The molecule has 3 rings (SSSR count). The SMILES string of the molecule is CO[C@@H]1CN(C)C(=O)c2cc(NC(=O)c3cnccn3)ccc2OC[C@@H](C)N(C(C)=O)C[C@H]1C. The van der Waals surface area contributed by atoms with Gasteiger partial charge in [0.2, 0.25) is 5.91 Å². The number of hydrogen-bond donors (Lipinski definition) is 1. The number of benzene rings is 1. The van der Waals surface area contributed by atoms with E-state index in [0.29, 0.717) is 30.1 Å². The Hall–Kier alpha value is -3.53. The van der Waals surface area contributed by atoms with Crippen molar-refractivity contribution in [3.63, 3.8) is 0 Å². The smallest absolute Gasteiger partial charge is 0.275 e. The van der Waals surface area contributed by atoms with Crippen molar-refractivity contribution in [1.29, 1.82) is 0 Å². The molecule has 0 aliphatic carbocycles. The van der Waals surface area contributed by atoms with Gasteiger partial charge in [0.1, 0.15) is 18.1 Å². The number of amides is 3. The zero-order chi connectivity index (χ0) is 24.8. The minimum atomic E-state index is -0.443. The first-order chi connectivity index (χ1) is 16.2. The van der Waals surface area contributed by atoms with Crippen LogP contribution in [-0.4, -0.2) is 83.5 Å². The van der Waals surface area contributed by atoms with Gasteiger partial charge in [0.15, 0.2) is 0 Å². The van der Waals surface area contributed by atoms with Crippen molar-refractivity contribution in [3.8, 4) is 5.75 Å². The average Bonchev–Trinajstić information content (AvgIpc) is 2.83. The number of carbonyl (C=O) groups is 3. The molecule has 182 valence electrons. The fourth-order valence-corrected chi connectivity index (χ4v) is 3.90. The fraction of sp³-hybridized carbons (Fsp3) is 0.458. The predicted octanol–water partition coefficient (Wildman–Crippen LogP) is 2.08. The van der Waals surface area contributed by atoms with E-state index in [9.17, 15) is 14.4 Å². The molecule has 3 amide bonds. The van der Waals surface area contributed by atoms with Gasteiger partial charge in [-0.25, -0.2) is 4.98 Å². The maximum absolute atomic E-state index is 13.4. The van der Waals surface area contributed by atoms with E-state index in [1.165, 1.54) is 25.5 Å². The summed E-state index contributed by atoms with van der Waals surface area (Å²) in [5, 5.41) is 2.74. The lowest BCUT2D eigenvalue weighted by molar-refractivity contribution is -0.133. The minimum absolute atomic E-state index is 0.0110. The first kappa shape index (κ1) is 25.1. The first-order valence-corrected chi connectivity index (χ1v) is 11.1. The first-order valence-electron chi connectivity index (χ1n) is 11.1. The van der Waals surface area contributed by atoms with Gasteiger partial charge in [-0.2, -0.15) is 0 Å². The number of fused-ring (bicyclic) bond motifs is 1. The molecule has 2 heterocycles. The second-order valence-electron chi connectivity index (χ2n) is 8.52. The number of methoxy groups -OCH3 is 1. The fourth-order valence-electron chi connectivity index (χ4n) is 3.90. The van der Waals surface area contributed by atoms with Crippen LogP contribution in [-0.2, 0) is 9.53 Å². The molecule has 0 fully saturated rings. The van der Waals surface area contributed by atoms with Gasteiger partial charge in [-0.3, -0.25) is 19.4 Å². The Bertz CT molecular complexity index is 1030. The van der Waals surface area contributed by atoms with Crippen LogP contribution >= 0.6 is 0 Å². The molecule has 2 aromatic rings. The zero-order valence-corrected chi connectivity index (χ0v) is 20.1. The average molecular weight is 470 g/mol. The van der Waals surface area contributed by atoms with Crippen LogP contribution in [0.3, 0.4) is 0 Å². The third kappa shape index (κ3) is 5.88. The van der Waals surface area contributed by atoms with E-state index in [4.69, 9.17) is 9.47 Å². The molecule has 1 aliphatic rings. The van der Waals surface area contributed by atoms with Gasteiger partial charge in [-0.1, -0.05) is 6.92 Å². The highest BCUT2D eigenvalue weighted by atomic mass is 16.5. The van der Waals surface area contributed by atoms with Crippen molar-refractivity contribution in [2.75, 3.05) is 39.2 Å². The minimum Gasteiger partial charge on any atom is -0.491 e. The molecule has 10 heteroatoms. The van der Waals surface area contributed by atoms with Gasteiger partial charge in [0, 0.05) is 58.2 Å². The summed E-state index contributed by atoms with van der Waals surface area (Å²) in [7, 11) is 3.29. The summed E-state index contributed by atoms with van der Waals surface area (Å²) in [5.41, 5.74) is 0.871. The molecular formula is C24H31N5O5. The number of ether oxygens (including phenoxy) is 2. The van der Waals surface area contributed by atoms with Crippen LogP contribution in [0.5, 0.6) is 5.75 Å². The van der Waals surface area contributed by atoms with Crippen LogP contribution < -0.4 is 10.1 Å². The third-order valence-corrected chi connectivity index (χ3v) is 5.90. The summed E-state index contributed by atoms with van der Waals surface area (Å²) in [6, 6.07) is 4.65. The number of nitrogens with zero attached hydrogens (tertiary/aromatic N) is 4. The summed E-state index contributed by atoms with van der Waals surface area (Å²) in [5.74, 6) is -0.407. The van der Waals surface area contributed by atoms with E-state index in [-0.39, 0.29) is 42.2 Å². The zero-order valence-electron chi connectivity index (χ0n) is 20.1. The van der Waals surface area contributed by atoms with E-state index in [1.807, 2.05) is 13.8 Å². The number of nitrogens with one attached hydrogen (secondary N) is 1. The molecule has 0 spiro atoms. The lowest BCUT2D eigenvalue weighted by Gasteiger charge is -2.35. The highest BCUT2D eigenvalue weighted by Gasteiger charge is 2.29.